The Balaban J connectivity index is 1.46. The van der Waals surface area contributed by atoms with Crippen LogP contribution < -0.4 is 10.2 Å². The van der Waals surface area contributed by atoms with Crippen LogP contribution in [0.1, 0.15) is 44.6 Å². The number of hydrogen-bond acceptors (Lipinski definition) is 4. The van der Waals surface area contributed by atoms with E-state index in [0.717, 1.165) is 42.1 Å². The number of pyridine rings is 1. The summed E-state index contributed by atoms with van der Waals surface area (Å²) in [6, 6.07) is 3.47. The van der Waals surface area contributed by atoms with Gasteiger partial charge in [0, 0.05) is 28.2 Å². The summed E-state index contributed by atoms with van der Waals surface area (Å²) in [5.41, 5.74) is 2.40. The van der Waals surface area contributed by atoms with Gasteiger partial charge in [0.2, 0.25) is 0 Å². The molecule has 0 radical (unpaired) electrons. The summed E-state index contributed by atoms with van der Waals surface area (Å²) < 4.78 is 16.0. The molecule has 0 aromatic carbocycles. The fraction of sp³-hybridized carbons (Fsp3) is 0.368. The van der Waals surface area contributed by atoms with E-state index in [4.69, 9.17) is 0 Å². The van der Waals surface area contributed by atoms with Crippen LogP contribution in [0.4, 0.5) is 10.1 Å². The highest BCUT2D eigenvalue weighted by Gasteiger charge is 2.33. The van der Waals surface area contributed by atoms with E-state index in [9.17, 15) is 9.18 Å². The predicted molar refractivity (Wildman–Crippen MR) is 99.6 cm³/mol. The van der Waals surface area contributed by atoms with E-state index in [1.165, 1.54) is 10.9 Å². The Morgan fingerprint density at radius 2 is 2.08 bits per heavy atom. The molecule has 5 rings (SSSR count). The number of anilines is 1. The van der Waals surface area contributed by atoms with Crippen molar-refractivity contribution < 1.29 is 9.18 Å². The molecular formula is C19H19FN4OS. The molecule has 0 atom stereocenters. The van der Waals surface area contributed by atoms with Crippen LogP contribution >= 0.6 is 11.3 Å². The molecule has 0 saturated carbocycles. The molecule has 2 aliphatic heterocycles. The zero-order valence-corrected chi connectivity index (χ0v) is 15.3. The third kappa shape index (κ3) is 2.46. The molecule has 1 amide bonds. The van der Waals surface area contributed by atoms with Crippen LogP contribution in [0.2, 0.25) is 0 Å². The van der Waals surface area contributed by atoms with Gasteiger partial charge in [-0.1, -0.05) is 0 Å². The first-order chi connectivity index (χ1) is 12.6. The van der Waals surface area contributed by atoms with Crippen molar-refractivity contribution in [1.82, 2.24) is 14.7 Å². The number of aromatic nitrogens is 2. The minimum Gasteiger partial charge on any atom is -0.317 e. The molecule has 0 unspecified atom stereocenters. The van der Waals surface area contributed by atoms with Gasteiger partial charge in [-0.2, -0.15) is 0 Å². The SMILES string of the molecule is Cc1cn2cc(N3Cc4sc(C5CCNCC5)cc4C3=O)cc(F)c2n1. The van der Waals surface area contributed by atoms with E-state index in [2.05, 4.69) is 16.4 Å². The van der Waals surface area contributed by atoms with Crippen LogP contribution in [0, 0.1) is 12.7 Å². The normalized spacial score (nSPS) is 18.1. The number of amides is 1. The van der Waals surface area contributed by atoms with Crippen molar-refractivity contribution in [3.05, 3.63) is 51.4 Å². The summed E-state index contributed by atoms with van der Waals surface area (Å²) in [6.45, 7) is 4.42. The number of thiophene rings is 1. The number of nitrogens with zero attached hydrogens (tertiary/aromatic N) is 3. The Morgan fingerprint density at radius 3 is 2.85 bits per heavy atom. The Hall–Kier alpha value is -2.25. The van der Waals surface area contributed by atoms with Gasteiger partial charge in [-0.15, -0.1) is 11.3 Å². The zero-order valence-electron chi connectivity index (χ0n) is 14.5. The lowest BCUT2D eigenvalue weighted by molar-refractivity contribution is 0.0996. The van der Waals surface area contributed by atoms with Gasteiger partial charge < -0.3 is 14.6 Å². The molecule has 7 heteroatoms. The number of carbonyl (C=O) groups is 1. The van der Waals surface area contributed by atoms with Gasteiger partial charge in [0.05, 0.1) is 23.5 Å². The molecule has 0 bridgehead atoms. The fourth-order valence-corrected chi connectivity index (χ4v) is 5.25. The first-order valence-corrected chi connectivity index (χ1v) is 9.72. The summed E-state index contributed by atoms with van der Waals surface area (Å²) in [5, 5.41) is 3.38. The molecular weight excluding hydrogens is 351 g/mol. The number of halogens is 1. The second-order valence-corrected chi connectivity index (χ2v) is 8.23. The van der Waals surface area contributed by atoms with Crippen molar-refractivity contribution in [3.8, 4) is 0 Å². The maximum Gasteiger partial charge on any atom is 0.259 e. The molecule has 3 aromatic rings. The number of rotatable bonds is 2. The number of aryl methyl sites for hydroxylation is 1. The molecule has 5 heterocycles. The van der Waals surface area contributed by atoms with E-state index in [1.54, 1.807) is 33.0 Å². The molecule has 1 saturated heterocycles. The second-order valence-electron chi connectivity index (χ2n) is 7.06. The summed E-state index contributed by atoms with van der Waals surface area (Å²) in [7, 11) is 0. The van der Waals surface area contributed by atoms with Gasteiger partial charge in [0.25, 0.3) is 5.91 Å². The molecule has 134 valence electrons. The summed E-state index contributed by atoms with van der Waals surface area (Å²) in [4.78, 5) is 21.2. The Labute approximate surface area is 154 Å². The monoisotopic (exact) mass is 370 g/mol. The van der Waals surface area contributed by atoms with Crippen LogP contribution in [-0.2, 0) is 6.54 Å². The lowest BCUT2D eigenvalue weighted by Gasteiger charge is -2.22. The Morgan fingerprint density at radius 1 is 1.27 bits per heavy atom. The maximum absolute atomic E-state index is 14.4. The van der Waals surface area contributed by atoms with Gasteiger partial charge in [0.15, 0.2) is 11.5 Å². The van der Waals surface area contributed by atoms with Crippen molar-refractivity contribution in [2.75, 3.05) is 18.0 Å². The van der Waals surface area contributed by atoms with E-state index in [-0.39, 0.29) is 5.91 Å². The molecule has 0 aliphatic carbocycles. The quantitative estimate of drug-likeness (QED) is 0.751. The van der Waals surface area contributed by atoms with Crippen LogP contribution in [0.25, 0.3) is 5.65 Å². The lowest BCUT2D eigenvalue weighted by Crippen LogP contribution is -2.26. The van der Waals surface area contributed by atoms with Crippen molar-refractivity contribution in [1.29, 1.82) is 0 Å². The average molecular weight is 370 g/mol. The van der Waals surface area contributed by atoms with Crippen LogP contribution in [0.3, 0.4) is 0 Å². The van der Waals surface area contributed by atoms with Gasteiger partial charge in [-0.25, -0.2) is 9.37 Å². The third-order valence-corrected chi connectivity index (χ3v) is 6.55. The molecule has 1 N–H and O–H groups in total. The third-order valence-electron chi connectivity index (χ3n) is 5.27. The smallest absolute Gasteiger partial charge is 0.259 e. The van der Waals surface area contributed by atoms with E-state index in [1.807, 2.05) is 6.92 Å². The number of hydrogen-bond donors (Lipinski definition) is 1. The van der Waals surface area contributed by atoms with E-state index < -0.39 is 5.82 Å². The largest absolute Gasteiger partial charge is 0.317 e. The minimum absolute atomic E-state index is 0.0352. The van der Waals surface area contributed by atoms with Crippen molar-refractivity contribution in [2.45, 2.75) is 32.2 Å². The van der Waals surface area contributed by atoms with Crippen molar-refractivity contribution >= 4 is 28.6 Å². The lowest BCUT2D eigenvalue weighted by atomic mass is 9.96. The number of nitrogens with one attached hydrogen (secondary N) is 1. The van der Waals surface area contributed by atoms with Crippen LogP contribution in [0.15, 0.2) is 24.5 Å². The first kappa shape index (κ1) is 16.0. The maximum atomic E-state index is 14.4. The first-order valence-electron chi connectivity index (χ1n) is 8.90. The van der Waals surface area contributed by atoms with Gasteiger partial charge in [-0.3, -0.25) is 4.79 Å². The second kappa shape index (κ2) is 5.89. The van der Waals surface area contributed by atoms with E-state index >= 15 is 0 Å². The minimum atomic E-state index is -0.408. The number of carbonyl (C=O) groups excluding carboxylic acids is 1. The van der Waals surface area contributed by atoms with Crippen LogP contribution in [0.5, 0.6) is 0 Å². The predicted octanol–water partition coefficient (Wildman–Crippen LogP) is 3.47. The molecule has 1 fully saturated rings. The van der Waals surface area contributed by atoms with E-state index in [0.29, 0.717) is 23.8 Å². The molecule has 3 aromatic heterocycles. The Kier molecular flexibility index (Phi) is 3.62. The highest BCUT2D eigenvalue weighted by atomic mass is 32.1. The summed E-state index contributed by atoms with van der Waals surface area (Å²) in [5.74, 6) is 0.108. The molecule has 5 nitrogen and oxygen atoms in total. The number of fused-ring (bicyclic) bond motifs is 2. The molecule has 2 aliphatic rings. The number of imidazole rings is 1. The van der Waals surface area contributed by atoms with Crippen LogP contribution in [-0.4, -0.2) is 28.4 Å². The standard InChI is InChI=1S/C19H19FN4OS/c1-11-8-23-9-13(6-15(20)18(23)22-11)24-10-17-14(19(24)25)7-16(26-17)12-2-4-21-5-3-12/h6-9,12,21H,2-5,10H2,1H3. The van der Waals surface area contributed by atoms with Gasteiger partial charge in [-0.05, 0) is 44.8 Å². The Bertz CT molecular complexity index is 1020. The van der Waals surface area contributed by atoms with Crippen molar-refractivity contribution in [2.24, 2.45) is 0 Å². The number of piperidine rings is 1. The average Bonchev–Trinajstić information content (AvgIpc) is 3.30. The summed E-state index contributed by atoms with van der Waals surface area (Å²) in [6.07, 6.45) is 5.80. The highest BCUT2D eigenvalue weighted by Crippen LogP contribution is 2.39. The topological polar surface area (TPSA) is 49.6 Å². The zero-order chi connectivity index (χ0) is 17.8. The molecule has 26 heavy (non-hydrogen) atoms. The van der Waals surface area contributed by atoms with Gasteiger partial charge >= 0.3 is 0 Å². The van der Waals surface area contributed by atoms with Crippen molar-refractivity contribution in [3.63, 3.8) is 0 Å². The van der Waals surface area contributed by atoms with Gasteiger partial charge in [0.1, 0.15) is 0 Å². The fourth-order valence-electron chi connectivity index (χ4n) is 3.94. The summed E-state index contributed by atoms with van der Waals surface area (Å²) >= 11 is 1.74. The highest BCUT2D eigenvalue weighted by molar-refractivity contribution is 7.12. The molecule has 0 spiro atoms.